The summed E-state index contributed by atoms with van der Waals surface area (Å²) in [6, 6.07) is 0. The molecule has 0 aromatic rings. The lowest BCUT2D eigenvalue weighted by Crippen LogP contribution is -2.30. The lowest BCUT2D eigenvalue weighted by Gasteiger charge is -2.18. The Labute approximate surface area is 479 Å². The van der Waals surface area contributed by atoms with Crippen LogP contribution in [0, 0.1) is 0 Å². The molecule has 0 saturated heterocycles. The van der Waals surface area contributed by atoms with E-state index in [4.69, 9.17) is 14.2 Å². The Morgan fingerprint density at radius 3 is 0.779 bits per heavy atom. The second kappa shape index (κ2) is 65.9. The summed E-state index contributed by atoms with van der Waals surface area (Å²) in [6.45, 7) is 6.63. The number of hydrogen-bond acceptors (Lipinski definition) is 6. The van der Waals surface area contributed by atoms with Gasteiger partial charge in [-0.15, -0.1) is 0 Å². The maximum absolute atomic E-state index is 12.9. The van der Waals surface area contributed by atoms with Crippen LogP contribution in [0.4, 0.5) is 0 Å². The smallest absolute Gasteiger partial charge is 0.306 e. The monoisotopic (exact) mass is 1080 g/mol. The summed E-state index contributed by atoms with van der Waals surface area (Å²) < 4.78 is 16.9. The molecule has 0 amide bonds. The molecule has 0 radical (unpaired) electrons. The molecule has 1 unspecified atom stereocenters. The molecule has 450 valence electrons. The summed E-state index contributed by atoms with van der Waals surface area (Å²) in [5, 5.41) is 0. The predicted octanol–water partition coefficient (Wildman–Crippen LogP) is 23.3. The molecule has 0 bridgehead atoms. The van der Waals surface area contributed by atoms with E-state index in [0.29, 0.717) is 19.3 Å². The van der Waals surface area contributed by atoms with Gasteiger partial charge in [-0.05, 0) is 77.0 Å². The second-order valence-corrected chi connectivity index (χ2v) is 23.1. The molecule has 0 spiro atoms. The third-order valence-corrected chi connectivity index (χ3v) is 15.3. The fourth-order valence-corrected chi connectivity index (χ4v) is 10.1. The molecule has 77 heavy (non-hydrogen) atoms. The molecular formula is C71H130O6. The molecule has 0 rings (SSSR count). The number of carbonyl (C=O) groups is 3. The van der Waals surface area contributed by atoms with Crippen LogP contribution in [0.2, 0.25) is 0 Å². The quantitative estimate of drug-likeness (QED) is 0.0261. The molecule has 0 aromatic carbocycles. The molecule has 1 atom stereocenters. The van der Waals surface area contributed by atoms with Crippen molar-refractivity contribution >= 4 is 17.9 Å². The van der Waals surface area contributed by atoms with Crippen molar-refractivity contribution in [2.24, 2.45) is 0 Å². The van der Waals surface area contributed by atoms with E-state index in [9.17, 15) is 14.4 Å². The highest BCUT2D eigenvalue weighted by atomic mass is 16.6. The number of esters is 3. The Bertz CT molecular complexity index is 1330. The lowest BCUT2D eigenvalue weighted by molar-refractivity contribution is -0.167. The topological polar surface area (TPSA) is 78.9 Å². The van der Waals surface area contributed by atoms with E-state index in [1.807, 2.05) is 0 Å². The van der Waals surface area contributed by atoms with Gasteiger partial charge >= 0.3 is 17.9 Å². The van der Waals surface area contributed by atoms with Crippen molar-refractivity contribution in [3.8, 4) is 0 Å². The molecule has 0 fully saturated rings. The van der Waals surface area contributed by atoms with Gasteiger partial charge < -0.3 is 14.2 Å². The molecule has 0 saturated carbocycles. The van der Waals surface area contributed by atoms with E-state index >= 15 is 0 Å². The van der Waals surface area contributed by atoms with E-state index in [0.717, 1.165) is 83.5 Å². The SMILES string of the molecule is CCCC/C=C\CCCCCCCC(=O)OCC(COC(=O)CCCCCCCCCCCCCCCCCCCCCCCCCCCCC)OC(=O)CCCCCCCC/C=C\C/C=C\C/C=C\CCCCCCC. The van der Waals surface area contributed by atoms with Gasteiger partial charge in [0.15, 0.2) is 6.10 Å². The Kier molecular flexibility index (Phi) is 63.6. The Hall–Kier alpha value is -2.63. The first-order valence-electron chi connectivity index (χ1n) is 34.1. The van der Waals surface area contributed by atoms with Crippen LogP contribution in [0.5, 0.6) is 0 Å². The predicted molar refractivity (Wildman–Crippen MR) is 335 cm³/mol. The van der Waals surface area contributed by atoms with E-state index in [2.05, 4.69) is 69.4 Å². The van der Waals surface area contributed by atoms with Gasteiger partial charge in [0, 0.05) is 19.3 Å². The van der Waals surface area contributed by atoms with Crippen LogP contribution in [0.25, 0.3) is 0 Å². The number of ether oxygens (including phenoxy) is 3. The zero-order chi connectivity index (χ0) is 55.7. The van der Waals surface area contributed by atoms with Crippen molar-refractivity contribution in [1.29, 1.82) is 0 Å². The van der Waals surface area contributed by atoms with Gasteiger partial charge in [0.1, 0.15) is 13.2 Å². The normalized spacial score (nSPS) is 12.3. The molecule has 0 aromatic heterocycles. The van der Waals surface area contributed by atoms with E-state index in [-0.39, 0.29) is 31.1 Å². The number of hydrogen-bond donors (Lipinski definition) is 0. The van der Waals surface area contributed by atoms with Gasteiger partial charge in [-0.25, -0.2) is 0 Å². The maximum Gasteiger partial charge on any atom is 0.306 e. The molecular weight excluding hydrogens is 949 g/mol. The van der Waals surface area contributed by atoms with Crippen LogP contribution < -0.4 is 0 Å². The molecule has 0 N–H and O–H groups in total. The maximum atomic E-state index is 12.9. The highest BCUT2D eigenvalue weighted by Crippen LogP contribution is 2.18. The average Bonchev–Trinajstić information content (AvgIpc) is 3.43. The van der Waals surface area contributed by atoms with Gasteiger partial charge in [0.05, 0.1) is 0 Å². The van der Waals surface area contributed by atoms with Gasteiger partial charge in [0.2, 0.25) is 0 Å². The van der Waals surface area contributed by atoms with Gasteiger partial charge in [-0.3, -0.25) is 14.4 Å². The van der Waals surface area contributed by atoms with Crippen molar-refractivity contribution in [1.82, 2.24) is 0 Å². The van der Waals surface area contributed by atoms with Crippen LogP contribution in [0.1, 0.15) is 367 Å². The largest absolute Gasteiger partial charge is 0.462 e. The highest BCUT2D eigenvalue weighted by Gasteiger charge is 2.19. The first-order valence-corrected chi connectivity index (χ1v) is 34.1. The Morgan fingerprint density at radius 2 is 0.481 bits per heavy atom. The lowest BCUT2D eigenvalue weighted by atomic mass is 10.0. The third-order valence-electron chi connectivity index (χ3n) is 15.3. The average molecular weight is 1080 g/mol. The minimum atomic E-state index is -0.783. The molecule has 0 aliphatic heterocycles. The van der Waals surface area contributed by atoms with Crippen LogP contribution in [0.3, 0.4) is 0 Å². The minimum Gasteiger partial charge on any atom is -0.462 e. The summed E-state index contributed by atoms with van der Waals surface area (Å²) in [5.74, 6) is -0.880. The first kappa shape index (κ1) is 74.4. The minimum absolute atomic E-state index is 0.0777. The third kappa shape index (κ3) is 64.1. The number of rotatable bonds is 63. The van der Waals surface area contributed by atoms with Gasteiger partial charge in [-0.2, -0.15) is 0 Å². The zero-order valence-corrected chi connectivity index (χ0v) is 51.7. The number of carbonyl (C=O) groups excluding carboxylic acids is 3. The summed E-state index contributed by atoms with van der Waals surface area (Å²) in [6.07, 6.45) is 82.9. The summed E-state index contributed by atoms with van der Waals surface area (Å²) >= 11 is 0. The van der Waals surface area contributed by atoms with Crippen LogP contribution in [-0.4, -0.2) is 37.2 Å². The summed E-state index contributed by atoms with van der Waals surface area (Å²) in [7, 11) is 0. The molecule has 0 heterocycles. The number of allylic oxidation sites excluding steroid dienone is 8. The molecule has 0 aliphatic carbocycles. The van der Waals surface area contributed by atoms with Crippen LogP contribution >= 0.6 is 0 Å². The first-order chi connectivity index (χ1) is 38.0. The zero-order valence-electron chi connectivity index (χ0n) is 51.7. The van der Waals surface area contributed by atoms with Crippen molar-refractivity contribution in [2.45, 2.75) is 374 Å². The van der Waals surface area contributed by atoms with Crippen LogP contribution in [0.15, 0.2) is 48.6 Å². The molecule has 6 nitrogen and oxygen atoms in total. The Balaban J connectivity index is 4.20. The fraction of sp³-hybridized carbons (Fsp3) is 0.845. The van der Waals surface area contributed by atoms with Gasteiger partial charge in [-0.1, -0.05) is 320 Å². The highest BCUT2D eigenvalue weighted by molar-refractivity contribution is 5.71. The number of unbranched alkanes of at least 4 members (excludes halogenated alkanes) is 44. The summed E-state index contributed by atoms with van der Waals surface area (Å²) in [4.78, 5) is 38.3. The van der Waals surface area contributed by atoms with Crippen LogP contribution in [-0.2, 0) is 28.6 Å². The second-order valence-electron chi connectivity index (χ2n) is 23.1. The van der Waals surface area contributed by atoms with E-state index in [1.165, 1.54) is 244 Å². The summed E-state index contributed by atoms with van der Waals surface area (Å²) in [5.41, 5.74) is 0. The van der Waals surface area contributed by atoms with Crippen molar-refractivity contribution in [3.63, 3.8) is 0 Å². The van der Waals surface area contributed by atoms with Gasteiger partial charge in [0.25, 0.3) is 0 Å². The molecule has 6 heteroatoms. The van der Waals surface area contributed by atoms with Crippen molar-refractivity contribution in [3.05, 3.63) is 48.6 Å². The Morgan fingerprint density at radius 1 is 0.260 bits per heavy atom. The fourth-order valence-electron chi connectivity index (χ4n) is 10.1. The van der Waals surface area contributed by atoms with Crippen molar-refractivity contribution in [2.75, 3.05) is 13.2 Å². The molecule has 0 aliphatic rings. The van der Waals surface area contributed by atoms with E-state index in [1.54, 1.807) is 0 Å². The van der Waals surface area contributed by atoms with E-state index < -0.39 is 6.10 Å². The van der Waals surface area contributed by atoms with Crippen molar-refractivity contribution < 1.29 is 28.6 Å². The standard InChI is InChI=1S/C71H130O6/c1-4-7-10-13-16-19-22-24-26-28-30-32-33-34-35-36-37-39-40-42-44-46-49-52-55-58-61-64-70(73)76-67-68(66-75-69(72)63-60-57-54-51-48-21-18-15-12-9-6-3)77-71(74)65-62-59-56-53-50-47-45-43-41-38-31-29-27-25-23-20-17-14-11-8-5-2/h15,18,23,25,29,31,41,43,68H,4-14,16-17,19-22,24,26-28,30,32-40,42,44-67H2,1-3H3/b18-15-,25-23-,31-29-,43-41-.